The highest BCUT2D eigenvalue weighted by atomic mass is 79.9. The van der Waals surface area contributed by atoms with Crippen molar-refractivity contribution < 1.29 is 4.74 Å². The molecule has 1 unspecified atom stereocenters. The maximum absolute atomic E-state index is 5.51. The predicted molar refractivity (Wildman–Crippen MR) is 84.1 cm³/mol. The number of methoxy groups -OCH3 is 1. The number of hydrogen-bond donors (Lipinski definition) is 1. The molecule has 0 spiro atoms. The number of nitrogens with zero attached hydrogens (tertiary/aromatic N) is 2. The average Bonchev–Trinajstić information content (AvgIpc) is 2.93. The molecule has 4 nitrogen and oxygen atoms in total. The highest BCUT2D eigenvalue weighted by molar-refractivity contribution is 9.10. The van der Waals surface area contributed by atoms with Crippen LogP contribution < -0.4 is 10.1 Å². The molecule has 1 heterocycles. The zero-order chi connectivity index (χ0) is 14.5. The molecule has 0 bridgehead atoms. The minimum Gasteiger partial charge on any atom is -0.496 e. The second-order valence-electron chi connectivity index (χ2n) is 4.51. The number of ether oxygens (including phenoxy) is 1. The summed E-state index contributed by atoms with van der Waals surface area (Å²) in [5.41, 5.74) is 2.27. The first-order valence-electron chi connectivity index (χ1n) is 6.78. The van der Waals surface area contributed by atoms with Gasteiger partial charge in [-0.25, -0.2) is 0 Å². The SMILES string of the molecule is CCNC(c1cnn(CC)c1)c1ccc(Br)cc1OC. The third-order valence-electron chi connectivity index (χ3n) is 3.23. The van der Waals surface area contributed by atoms with Gasteiger partial charge in [-0.2, -0.15) is 5.10 Å². The van der Waals surface area contributed by atoms with Crippen LogP contribution in [0.5, 0.6) is 5.75 Å². The summed E-state index contributed by atoms with van der Waals surface area (Å²) in [7, 11) is 1.70. The lowest BCUT2D eigenvalue weighted by Gasteiger charge is -2.20. The Morgan fingerprint density at radius 3 is 2.80 bits per heavy atom. The first-order valence-corrected chi connectivity index (χ1v) is 7.58. The number of aryl methyl sites for hydroxylation is 1. The van der Waals surface area contributed by atoms with E-state index in [1.54, 1.807) is 7.11 Å². The maximum atomic E-state index is 5.51. The fourth-order valence-corrected chi connectivity index (χ4v) is 2.58. The van der Waals surface area contributed by atoms with Crippen LogP contribution in [0.3, 0.4) is 0 Å². The van der Waals surface area contributed by atoms with Crippen molar-refractivity contribution in [3.05, 3.63) is 46.2 Å². The lowest BCUT2D eigenvalue weighted by atomic mass is 10.0. The van der Waals surface area contributed by atoms with E-state index in [0.717, 1.165) is 34.4 Å². The molecule has 0 amide bonds. The molecule has 5 heteroatoms. The molecule has 1 aromatic carbocycles. The van der Waals surface area contributed by atoms with E-state index in [4.69, 9.17) is 4.74 Å². The average molecular weight is 338 g/mol. The van der Waals surface area contributed by atoms with Gasteiger partial charge >= 0.3 is 0 Å². The van der Waals surface area contributed by atoms with Gasteiger partial charge in [0.05, 0.1) is 19.3 Å². The molecule has 0 aliphatic heterocycles. The molecule has 1 aromatic heterocycles. The number of rotatable bonds is 6. The monoisotopic (exact) mass is 337 g/mol. The molecule has 20 heavy (non-hydrogen) atoms. The number of hydrogen-bond acceptors (Lipinski definition) is 3. The minimum absolute atomic E-state index is 0.0864. The standard InChI is InChI=1S/C15H20BrN3O/c1-4-17-15(11-9-18-19(5-2)10-11)13-7-6-12(16)8-14(13)20-3/h6-10,15,17H,4-5H2,1-3H3. The Kier molecular flexibility index (Phi) is 5.20. The molecule has 1 atom stereocenters. The van der Waals surface area contributed by atoms with E-state index in [1.165, 1.54) is 0 Å². The molecule has 2 aromatic rings. The first kappa shape index (κ1) is 15.1. The fourth-order valence-electron chi connectivity index (χ4n) is 2.24. The second kappa shape index (κ2) is 6.90. The summed E-state index contributed by atoms with van der Waals surface area (Å²) >= 11 is 3.48. The van der Waals surface area contributed by atoms with Gasteiger partial charge in [-0.1, -0.05) is 28.9 Å². The summed E-state index contributed by atoms with van der Waals surface area (Å²) in [6.45, 7) is 5.93. The third kappa shape index (κ3) is 3.22. The summed E-state index contributed by atoms with van der Waals surface area (Å²) in [5, 5.41) is 7.86. The highest BCUT2D eigenvalue weighted by Gasteiger charge is 2.19. The van der Waals surface area contributed by atoms with Gasteiger partial charge in [0.15, 0.2) is 0 Å². The van der Waals surface area contributed by atoms with Gasteiger partial charge in [0.2, 0.25) is 0 Å². The summed E-state index contributed by atoms with van der Waals surface area (Å²) < 4.78 is 8.46. The van der Waals surface area contributed by atoms with E-state index in [0.29, 0.717) is 0 Å². The van der Waals surface area contributed by atoms with Crippen LogP contribution in [0.25, 0.3) is 0 Å². The molecular formula is C15H20BrN3O. The number of aromatic nitrogens is 2. The van der Waals surface area contributed by atoms with Crippen molar-refractivity contribution in [2.75, 3.05) is 13.7 Å². The third-order valence-corrected chi connectivity index (χ3v) is 3.72. The van der Waals surface area contributed by atoms with E-state index in [9.17, 15) is 0 Å². The fraction of sp³-hybridized carbons (Fsp3) is 0.400. The Morgan fingerprint density at radius 1 is 1.40 bits per heavy atom. The van der Waals surface area contributed by atoms with Crippen LogP contribution in [0.1, 0.15) is 31.0 Å². The van der Waals surface area contributed by atoms with Crippen molar-refractivity contribution in [1.82, 2.24) is 15.1 Å². The minimum atomic E-state index is 0.0864. The first-order chi connectivity index (χ1) is 9.69. The molecule has 0 radical (unpaired) electrons. The molecule has 0 aliphatic carbocycles. The topological polar surface area (TPSA) is 39.1 Å². The Morgan fingerprint density at radius 2 is 2.20 bits per heavy atom. The van der Waals surface area contributed by atoms with Crippen molar-refractivity contribution in [2.24, 2.45) is 0 Å². The molecular weight excluding hydrogens is 318 g/mol. The lowest BCUT2D eigenvalue weighted by molar-refractivity contribution is 0.404. The van der Waals surface area contributed by atoms with Gasteiger partial charge in [0, 0.05) is 28.3 Å². The smallest absolute Gasteiger partial charge is 0.125 e. The quantitative estimate of drug-likeness (QED) is 0.878. The Balaban J connectivity index is 2.42. The maximum Gasteiger partial charge on any atom is 0.125 e. The molecule has 0 fully saturated rings. The number of halogens is 1. The Labute approximate surface area is 128 Å². The van der Waals surface area contributed by atoms with Crippen LogP contribution >= 0.6 is 15.9 Å². The molecule has 0 saturated heterocycles. The largest absolute Gasteiger partial charge is 0.496 e. The summed E-state index contributed by atoms with van der Waals surface area (Å²) in [4.78, 5) is 0. The van der Waals surface area contributed by atoms with E-state index < -0.39 is 0 Å². The normalized spacial score (nSPS) is 12.4. The van der Waals surface area contributed by atoms with Crippen molar-refractivity contribution in [3.63, 3.8) is 0 Å². The molecule has 2 rings (SSSR count). The number of benzene rings is 1. The highest BCUT2D eigenvalue weighted by Crippen LogP contribution is 2.32. The van der Waals surface area contributed by atoms with Crippen molar-refractivity contribution in [1.29, 1.82) is 0 Å². The molecule has 0 saturated carbocycles. The van der Waals surface area contributed by atoms with Crippen molar-refractivity contribution in [3.8, 4) is 5.75 Å². The van der Waals surface area contributed by atoms with Gasteiger partial charge in [-0.05, 0) is 25.6 Å². The summed E-state index contributed by atoms with van der Waals surface area (Å²) in [6.07, 6.45) is 3.99. The van der Waals surface area contributed by atoms with Gasteiger partial charge in [-0.15, -0.1) is 0 Å². The van der Waals surface area contributed by atoms with Gasteiger partial charge in [0.25, 0.3) is 0 Å². The summed E-state index contributed by atoms with van der Waals surface area (Å²) in [5.74, 6) is 0.870. The molecule has 1 N–H and O–H groups in total. The zero-order valence-electron chi connectivity index (χ0n) is 12.1. The van der Waals surface area contributed by atoms with E-state index in [1.807, 2.05) is 23.0 Å². The molecule has 108 valence electrons. The molecule has 0 aliphatic rings. The van der Waals surface area contributed by atoms with Crippen LogP contribution in [0.2, 0.25) is 0 Å². The van der Waals surface area contributed by atoms with E-state index in [-0.39, 0.29) is 6.04 Å². The number of nitrogens with one attached hydrogen (secondary N) is 1. The second-order valence-corrected chi connectivity index (χ2v) is 5.42. The summed E-state index contributed by atoms with van der Waals surface area (Å²) in [6, 6.07) is 6.19. The Bertz CT molecular complexity index is 568. The van der Waals surface area contributed by atoms with Crippen LogP contribution in [0.15, 0.2) is 35.1 Å². The van der Waals surface area contributed by atoms with Gasteiger partial charge in [0.1, 0.15) is 5.75 Å². The lowest BCUT2D eigenvalue weighted by Crippen LogP contribution is -2.22. The van der Waals surface area contributed by atoms with Crippen LogP contribution in [-0.4, -0.2) is 23.4 Å². The van der Waals surface area contributed by atoms with E-state index >= 15 is 0 Å². The van der Waals surface area contributed by atoms with Crippen molar-refractivity contribution in [2.45, 2.75) is 26.4 Å². The van der Waals surface area contributed by atoms with Crippen LogP contribution in [-0.2, 0) is 6.54 Å². The van der Waals surface area contributed by atoms with Gasteiger partial charge < -0.3 is 10.1 Å². The predicted octanol–water partition coefficient (Wildman–Crippen LogP) is 3.37. The zero-order valence-corrected chi connectivity index (χ0v) is 13.6. The Hall–Kier alpha value is -1.33. The van der Waals surface area contributed by atoms with E-state index in [2.05, 4.69) is 52.5 Å². The van der Waals surface area contributed by atoms with Gasteiger partial charge in [-0.3, -0.25) is 4.68 Å². The van der Waals surface area contributed by atoms with Crippen molar-refractivity contribution >= 4 is 15.9 Å². The van der Waals surface area contributed by atoms with Crippen LogP contribution in [0.4, 0.5) is 0 Å². The van der Waals surface area contributed by atoms with Crippen LogP contribution in [0, 0.1) is 0 Å².